The highest BCUT2D eigenvalue weighted by Crippen LogP contribution is 2.25. The number of rotatable bonds is 7. The van der Waals surface area contributed by atoms with E-state index in [1.165, 1.54) is 0 Å². The van der Waals surface area contributed by atoms with E-state index in [1.807, 2.05) is 18.2 Å². The van der Waals surface area contributed by atoms with Crippen molar-refractivity contribution in [3.8, 4) is 0 Å². The number of carbonyl (C=O) groups is 2. The zero-order chi connectivity index (χ0) is 17.7. The van der Waals surface area contributed by atoms with E-state index in [4.69, 9.17) is 4.74 Å². The van der Waals surface area contributed by atoms with Gasteiger partial charge in [0.05, 0.1) is 12.0 Å². The molecule has 0 radical (unpaired) electrons. The van der Waals surface area contributed by atoms with Gasteiger partial charge in [0.25, 0.3) is 0 Å². The summed E-state index contributed by atoms with van der Waals surface area (Å²) in [6.07, 6.45) is -0.00229. The minimum atomic E-state index is -0.693. The molecule has 0 N–H and O–H groups in total. The summed E-state index contributed by atoms with van der Waals surface area (Å²) in [5, 5.41) is 0. The van der Waals surface area contributed by atoms with Crippen LogP contribution in [-0.2, 0) is 4.74 Å². The SMILES string of the molecule is COC(c1ccc(C(=O)C(C)C(=O)c2ccccc2)cc1)C(C)C. The summed E-state index contributed by atoms with van der Waals surface area (Å²) in [6, 6.07) is 16.3. The molecule has 2 aromatic rings. The molecule has 3 nitrogen and oxygen atoms in total. The Balaban J connectivity index is 2.16. The lowest BCUT2D eigenvalue weighted by Gasteiger charge is -2.20. The molecule has 0 saturated heterocycles. The van der Waals surface area contributed by atoms with E-state index in [0.717, 1.165) is 5.56 Å². The van der Waals surface area contributed by atoms with Crippen molar-refractivity contribution >= 4 is 11.6 Å². The van der Waals surface area contributed by atoms with Crippen molar-refractivity contribution in [1.29, 1.82) is 0 Å². The smallest absolute Gasteiger partial charge is 0.173 e. The minimum Gasteiger partial charge on any atom is -0.376 e. The molecule has 0 saturated carbocycles. The number of ketones is 2. The molecule has 2 atom stereocenters. The molecule has 126 valence electrons. The summed E-state index contributed by atoms with van der Waals surface area (Å²) >= 11 is 0. The molecule has 0 amide bonds. The van der Waals surface area contributed by atoms with Gasteiger partial charge in [0.2, 0.25) is 0 Å². The molecule has 0 aliphatic rings. The molecule has 0 spiro atoms. The average molecular weight is 324 g/mol. The molecule has 0 aliphatic carbocycles. The van der Waals surface area contributed by atoms with Crippen LogP contribution in [0.3, 0.4) is 0 Å². The van der Waals surface area contributed by atoms with Gasteiger partial charge in [-0.05, 0) is 18.4 Å². The van der Waals surface area contributed by atoms with Crippen LogP contribution in [0.2, 0.25) is 0 Å². The zero-order valence-electron chi connectivity index (χ0n) is 14.7. The summed E-state index contributed by atoms with van der Waals surface area (Å²) in [5.41, 5.74) is 2.15. The number of hydrogen-bond acceptors (Lipinski definition) is 3. The number of methoxy groups -OCH3 is 1. The maximum atomic E-state index is 12.6. The summed E-state index contributed by atoms with van der Waals surface area (Å²) in [5.74, 6) is -0.660. The van der Waals surface area contributed by atoms with Gasteiger partial charge in [-0.15, -0.1) is 0 Å². The van der Waals surface area contributed by atoms with Crippen LogP contribution in [0.15, 0.2) is 54.6 Å². The van der Waals surface area contributed by atoms with Gasteiger partial charge in [0, 0.05) is 18.2 Å². The van der Waals surface area contributed by atoms with E-state index in [2.05, 4.69) is 13.8 Å². The molecule has 0 aromatic heterocycles. The molecule has 24 heavy (non-hydrogen) atoms. The van der Waals surface area contributed by atoms with E-state index in [-0.39, 0.29) is 17.7 Å². The Morgan fingerprint density at radius 3 is 1.75 bits per heavy atom. The van der Waals surface area contributed by atoms with Crippen LogP contribution in [0.25, 0.3) is 0 Å². The lowest BCUT2D eigenvalue weighted by molar-refractivity contribution is 0.0646. The van der Waals surface area contributed by atoms with Gasteiger partial charge in [-0.3, -0.25) is 9.59 Å². The summed E-state index contributed by atoms with van der Waals surface area (Å²) < 4.78 is 5.50. The minimum absolute atomic E-state index is 0.00229. The maximum Gasteiger partial charge on any atom is 0.173 e. The molecule has 3 heteroatoms. The van der Waals surface area contributed by atoms with Crippen molar-refractivity contribution in [3.05, 3.63) is 71.3 Å². The number of carbonyl (C=O) groups excluding carboxylic acids is 2. The van der Waals surface area contributed by atoms with Crippen molar-refractivity contribution in [2.45, 2.75) is 26.9 Å². The van der Waals surface area contributed by atoms with Gasteiger partial charge in [-0.1, -0.05) is 68.4 Å². The molecule has 2 rings (SSSR count). The lowest BCUT2D eigenvalue weighted by atomic mass is 9.90. The van der Waals surface area contributed by atoms with E-state index in [9.17, 15) is 9.59 Å². The van der Waals surface area contributed by atoms with Gasteiger partial charge in [-0.2, -0.15) is 0 Å². The fraction of sp³-hybridized carbons (Fsp3) is 0.333. The molecule has 0 fully saturated rings. The third-order valence-corrected chi connectivity index (χ3v) is 4.23. The first-order valence-corrected chi connectivity index (χ1v) is 8.22. The van der Waals surface area contributed by atoms with Crippen molar-refractivity contribution in [1.82, 2.24) is 0 Å². The summed E-state index contributed by atoms with van der Waals surface area (Å²) in [6.45, 7) is 5.85. The van der Waals surface area contributed by atoms with Crippen molar-refractivity contribution in [2.75, 3.05) is 7.11 Å². The highest BCUT2D eigenvalue weighted by molar-refractivity contribution is 6.15. The first kappa shape index (κ1) is 18.1. The van der Waals surface area contributed by atoms with Crippen molar-refractivity contribution in [3.63, 3.8) is 0 Å². The highest BCUT2D eigenvalue weighted by atomic mass is 16.5. The lowest BCUT2D eigenvalue weighted by Crippen LogP contribution is -2.21. The van der Waals surface area contributed by atoms with E-state index >= 15 is 0 Å². The second-order valence-corrected chi connectivity index (χ2v) is 6.34. The molecule has 2 unspecified atom stereocenters. The van der Waals surface area contributed by atoms with Gasteiger partial charge in [0.15, 0.2) is 11.6 Å². The Morgan fingerprint density at radius 2 is 1.29 bits per heavy atom. The highest BCUT2D eigenvalue weighted by Gasteiger charge is 2.24. The largest absolute Gasteiger partial charge is 0.376 e. The topological polar surface area (TPSA) is 43.4 Å². The molecule has 2 aromatic carbocycles. The summed E-state index contributed by atoms with van der Waals surface area (Å²) in [7, 11) is 1.68. The number of hydrogen-bond donors (Lipinski definition) is 0. The standard InChI is InChI=1S/C21H24O3/c1-14(2)21(24-4)18-12-10-17(11-13-18)20(23)15(3)19(22)16-8-6-5-7-9-16/h5-15,21H,1-4H3. The van der Waals surface area contributed by atoms with Crippen LogP contribution < -0.4 is 0 Å². The molecule has 0 bridgehead atoms. The number of benzene rings is 2. The Morgan fingerprint density at radius 1 is 0.792 bits per heavy atom. The van der Waals surface area contributed by atoms with Crippen LogP contribution in [0.5, 0.6) is 0 Å². The van der Waals surface area contributed by atoms with Crippen LogP contribution in [-0.4, -0.2) is 18.7 Å². The van der Waals surface area contributed by atoms with Crippen LogP contribution in [0.4, 0.5) is 0 Å². The maximum absolute atomic E-state index is 12.6. The van der Waals surface area contributed by atoms with Crippen molar-refractivity contribution in [2.24, 2.45) is 11.8 Å². The fourth-order valence-electron chi connectivity index (χ4n) is 2.85. The zero-order valence-corrected chi connectivity index (χ0v) is 14.7. The second kappa shape index (κ2) is 8.02. The Kier molecular flexibility index (Phi) is 6.04. The van der Waals surface area contributed by atoms with Gasteiger partial charge in [-0.25, -0.2) is 0 Å². The quantitative estimate of drug-likeness (QED) is 0.546. The molecule has 0 heterocycles. The van der Waals surface area contributed by atoms with E-state index in [0.29, 0.717) is 17.0 Å². The number of ether oxygens (including phenoxy) is 1. The third kappa shape index (κ3) is 3.98. The van der Waals surface area contributed by atoms with Crippen LogP contribution >= 0.6 is 0 Å². The molecular formula is C21H24O3. The Labute approximate surface area is 143 Å². The number of Topliss-reactive ketones (excluding diaryl/α,β-unsaturated/α-hetero) is 2. The second-order valence-electron chi connectivity index (χ2n) is 6.34. The third-order valence-electron chi connectivity index (χ3n) is 4.23. The molecule has 0 aliphatic heterocycles. The van der Waals surface area contributed by atoms with Gasteiger partial charge >= 0.3 is 0 Å². The van der Waals surface area contributed by atoms with Crippen LogP contribution in [0, 0.1) is 11.8 Å². The van der Waals surface area contributed by atoms with E-state index < -0.39 is 5.92 Å². The Hall–Kier alpha value is -2.26. The monoisotopic (exact) mass is 324 g/mol. The first-order chi connectivity index (χ1) is 11.5. The molecular weight excluding hydrogens is 300 g/mol. The van der Waals surface area contributed by atoms with Gasteiger partial charge in [0.1, 0.15) is 0 Å². The van der Waals surface area contributed by atoms with Crippen molar-refractivity contribution < 1.29 is 14.3 Å². The van der Waals surface area contributed by atoms with Crippen LogP contribution in [0.1, 0.15) is 53.2 Å². The summed E-state index contributed by atoms with van der Waals surface area (Å²) in [4.78, 5) is 25.0. The Bertz CT molecular complexity index is 687. The predicted molar refractivity (Wildman–Crippen MR) is 95.3 cm³/mol. The fourth-order valence-corrected chi connectivity index (χ4v) is 2.85. The van der Waals surface area contributed by atoms with Gasteiger partial charge < -0.3 is 4.74 Å². The first-order valence-electron chi connectivity index (χ1n) is 8.22. The normalized spacial score (nSPS) is 13.5. The predicted octanol–water partition coefficient (Wildman–Crippen LogP) is 4.73. The average Bonchev–Trinajstić information content (AvgIpc) is 2.61. The van der Waals surface area contributed by atoms with E-state index in [1.54, 1.807) is 50.4 Å².